The van der Waals surface area contributed by atoms with Gasteiger partial charge in [-0.05, 0) is 12.8 Å². The van der Waals surface area contributed by atoms with Crippen LogP contribution < -0.4 is 11.1 Å². The summed E-state index contributed by atoms with van der Waals surface area (Å²) in [6.45, 7) is 0. The first kappa shape index (κ1) is 16.0. The Kier molecular flexibility index (Phi) is 5.15. The lowest BCUT2D eigenvalue weighted by Crippen LogP contribution is -2.45. The number of hydrogen-bond donors (Lipinski definition) is 2. The number of nitriles is 1. The van der Waals surface area contributed by atoms with E-state index in [1.165, 1.54) is 0 Å². The van der Waals surface area contributed by atoms with Crippen molar-refractivity contribution >= 4 is 11.8 Å². The fourth-order valence-corrected chi connectivity index (χ4v) is 2.97. The van der Waals surface area contributed by atoms with E-state index in [9.17, 15) is 14.9 Å². The Hall–Kier alpha value is -2.36. The van der Waals surface area contributed by atoms with Gasteiger partial charge in [-0.15, -0.1) is 0 Å². The van der Waals surface area contributed by atoms with Crippen molar-refractivity contribution in [3.63, 3.8) is 0 Å². The van der Waals surface area contributed by atoms with E-state index < -0.39 is 23.8 Å². The topological polar surface area (TPSA) is 114 Å². The number of primary amides is 1. The Morgan fingerprint density at radius 2 is 2.18 bits per heavy atom. The molecule has 1 aliphatic rings. The summed E-state index contributed by atoms with van der Waals surface area (Å²) in [5.41, 5.74) is 6.13. The molecule has 2 rings (SSSR count). The molecule has 0 spiro atoms. The molecule has 7 nitrogen and oxygen atoms in total. The monoisotopic (exact) mass is 303 g/mol. The van der Waals surface area contributed by atoms with Crippen molar-refractivity contribution in [2.24, 2.45) is 24.6 Å². The van der Waals surface area contributed by atoms with Crippen molar-refractivity contribution in [2.45, 2.75) is 38.1 Å². The summed E-state index contributed by atoms with van der Waals surface area (Å²) in [7, 11) is 1.84. The molecule has 1 fully saturated rings. The molecule has 2 amide bonds. The van der Waals surface area contributed by atoms with Crippen molar-refractivity contribution in [1.82, 2.24) is 14.9 Å². The number of nitrogens with zero attached hydrogens (tertiary/aromatic N) is 3. The van der Waals surface area contributed by atoms with Crippen LogP contribution in [0.15, 0.2) is 12.5 Å². The second-order valence-electron chi connectivity index (χ2n) is 5.82. The molecule has 0 aromatic carbocycles. The highest BCUT2D eigenvalue weighted by atomic mass is 16.2. The first-order valence-corrected chi connectivity index (χ1v) is 7.47. The summed E-state index contributed by atoms with van der Waals surface area (Å²) >= 11 is 0. The second kappa shape index (κ2) is 7.07. The first-order valence-electron chi connectivity index (χ1n) is 7.47. The minimum absolute atomic E-state index is 0.258. The SMILES string of the molecule is Cn1cnc(C[C@@H](C#N)NC(=O)[C@@H]2CCCC[C@@H]2C(N)=O)c1. The fourth-order valence-electron chi connectivity index (χ4n) is 2.97. The van der Waals surface area contributed by atoms with E-state index in [-0.39, 0.29) is 5.91 Å². The third-order valence-corrected chi connectivity index (χ3v) is 4.11. The van der Waals surface area contributed by atoms with E-state index in [1.807, 2.05) is 13.2 Å². The van der Waals surface area contributed by atoms with E-state index in [0.717, 1.165) is 18.5 Å². The average molecular weight is 303 g/mol. The molecule has 22 heavy (non-hydrogen) atoms. The quantitative estimate of drug-likeness (QED) is 0.812. The van der Waals surface area contributed by atoms with Crippen molar-refractivity contribution in [3.8, 4) is 6.07 Å². The third kappa shape index (κ3) is 3.85. The number of imidazole rings is 1. The predicted molar refractivity (Wildman–Crippen MR) is 79.1 cm³/mol. The zero-order chi connectivity index (χ0) is 16.1. The lowest BCUT2D eigenvalue weighted by Gasteiger charge is -2.28. The number of amides is 2. The Balaban J connectivity index is 1.99. The smallest absolute Gasteiger partial charge is 0.224 e. The Labute approximate surface area is 129 Å². The van der Waals surface area contributed by atoms with Gasteiger partial charge in [-0.1, -0.05) is 12.8 Å². The van der Waals surface area contributed by atoms with Gasteiger partial charge in [0.05, 0.1) is 18.1 Å². The summed E-state index contributed by atoms with van der Waals surface area (Å²) in [5, 5.41) is 11.9. The van der Waals surface area contributed by atoms with Gasteiger partial charge in [-0.3, -0.25) is 9.59 Å². The predicted octanol–water partition coefficient (Wildman–Crippen LogP) is 0.263. The zero-order valence-electron chi connectivity index (χ0n) is 12.7. The maximum Gasteiger partial charge on any atom is 0.224 e. The standard InChI is InChI=1S/C15H21N5O2/c1-20-8-11(18-9-20)6-10(7-16)19-15(22)13-5-3-2-4-12(13)14(17)21/h8-10,12-13H,2-6H2,1H3,(H2,17,21)(H,19,22)/t10-,12-,13+/m0/s1. The fraction of sp³-hybridized carbons (Fsp3) is 0.600. The van der Waals surface area contributed by atoms with Gasteiger partial charge in [0.25, 0.3) is 0 Å². The van der Waals surface area contributed by atoms with Gasteiger partial charge in [-0.25, -0.2) is 4.98 Å². The largest absolute Gasteiger partial charge is 0.369 e. The van der Waals surface area contributed by atoms with Crippen molar-refractivity contribution in [2.75, 3.05) is 0 Å². The molecule has 1 aliphatic carbocycles. The molecule has 0 radical (unpaired) electrons. The second-order valence-corrected chi connectivity index (χ2v) is 5.82. The van der Waals surface area contributed by atoms with Gasteiger partial charge in [-0.2, -0.15) is 5.26 Å². The van der Waals surface area contributed by atoms with E-state index in [4.69, 9.17) is 5.73 Å². The van der Waals surface area contributed by atoms with E-state index >= 15 is 0 Å². The molecule has 1 aromatic rings. The molecule has 1 saturated carbocycles. The van der Waals surface area contributed by atoms with Gasteiger partial charge in [0.15, 0.2) is 0 Å². The lowest BCUT2D eigenvalue weighted by atomic mass is 9.78. The molecule has 1 heterocycles. The minimum Gasteiger partial charge on any atom is -0.369 e. The van der Waals surface area contributed by atoms with Gasteiger partial charge < -0.3 is 15.6 Å². The third-order valence-electron chi connectivity index (χ3n) is 4.11. The number of nitrogens with one attached hydrogen (secondary N) is 1. The van der Waals surface area contributed by atoms with Crippen LogP contribution >= 0.6 is 0 Å². The first-order chi connectivity index (χ1) is 10.5. The van der Waals surface area contributed by atoms with Crippen LogP contribution in [0.2, 0.25) is 0 Å². The van der Waals surface area contributed by atoms with Crippen LogP contribution in [0.25, 0.3) is 0 Å². The van der Waals surface area contributed by atoms with Gasteiger partial charge >= 0.3 is 0 Å². The number of rotatable bonds is 5. The molecule has 3 N–H and O–H groups in total. The Morgan fingerprint density at radius 3 is 2.73 bits per heavy atom. The number of aromatic nitrogens is 2. The maximum atomic E-state index is 12.4. The van der Waals surface area contributed by atoms with Gasteiger partial charge in [0, 0.05) is 31.5 Å². The minimum atomic E-state index is -0.655. The number of aryl methyl sites for hydroxylation is 1. The Bertz CT molecular complexity index is 589. The molecule has 0 unspecified atom stereocenters. The number of carbonyl (C=O) groups is 2. The summed E-state index contributed by atoms with van der Waals surface area (Å²) in [5.74, 6) is -1.54. The van der Waals surface area contributed by atoms with E-state index in [1.54, 1.807) is 10.9 Å². The number of hydrogen-bond acceptors (Lipinski definition) is 4. The molecule has 7 heteroatoms. The molecule has 0 saturated heterocycles. The van der Waals surface area contributed by atoms with Crippen molar-refractivity contribution in [1.29, 1.82) is 5.26 Å². The van der Waals surface area contributed by atoms with E-state index in [2.05, 4.69) is 16.4 Å². The highest BCUT2D eigenvalue weighted by molar-refractivity contribution is 5.87. The van der Waals surface area contributed by atoms with Crippen LogP contribution in [0.4, 0.5) is 0 Å². The van der Waals surface area contributed by atoms with Crippen LogP contribution in [0, 0.1) is 23.2 Å². The van der Waals surface area contributed by atoms with Crippen LogP contribution in [0.5, 0.6) is 0 Å². The lowest BCUT2D eigenvalue weighted by molar-refractivity contribution is -0.135. The molecule has 3 atom stereocenters. The summed E-state index contributed by atoms with van der Waals surface area (Å²) < 4.78 is 1.79. The molecule has 0 bridgehead atoms. The summed E-state index contributed by atoms with van der Waals surface area (Å²) in [6.07, 6.45) is 6.90. The molecular formula is C15H21N5O2. The van der Waals surface area contributed by atoms with Gasteiger partial charge in [0.1, 0.15) is 6.04 Å². The average Bonchev–Trinajstić information content (AvgIpc) is 2.91. The summed E-state index contributed by atoms with van der Waals surface area (Å²) in [4.78, 5) is 28.0. The Morgan fingerprint density at radius 1 is 1.50 bits per heavy atom. The summed E-state index contributed by atoms with van der Waals surface area (Å²) in [6, 6.07) is 1.42. The maximum absolute atomic E-state index is 12.4. The molecule has 118 valence electrons. The number of carbonyl (C=O) groups excluding carboxylic acids is 2. The highest BCUT2D eigenvalue weighted by Crippen LogP contribution is 2.30. The molecule has 0 aliphatic heterocycles. The van der Waals surface area contributed by atoms with Gasteiger partial charge in [0.2, 0.25) is 11.8 Å². The molecule has 1 aromatic heterocycles. The van der Waals surface area contributed by atoms with Crippen molar-refractivity contribution in [3.05, 3.63) is 18.2 Å². The van der Waals surface area contributed by atoms with Crippen LogP contribution in [-0.2, 0) is 23.1 Å². The van der Waals surface area contributed by atoms with E-state index in [0.29, 0.717) is 19.3 Å². The zero-order valence-corrected chi connectivity index (χ0v) is 12.7. The van der Waals surface area contributed by atoms with Crippen LogP contribution in [0.3, 0.4) is 0 Å². The number of nitrogens with two attached hydrogens (primary N) is 1. The van der Waals surface area contributed by atoms with Crippen LogP contribution in [0.1, 0.15) is 31.4 Å². The van der Waals surface area contributed by atoms with Crippen LogP contribution in [-0.4, -0.2) is 27.4 Å². The molecular weight excluding hydrogens is 282 g/mol. The van der Waals surface area contributed by atoms with Crippen molar-refractivity contribution < 1.29 is 9.59 Å². The highest BCUT2D eigenvalue weighted by Gasteiger charge is 2.35. The normalized spacial score (nSPS) is 22.5.